The van der Waals surface area contributed by atoms with Crippen LogP contribution in [0.3, 0.4) is 0 Å². The Balaban J connectivity index is 1.58. The number of aromatic amines is 1. The number of carbonyl (C=O) groups is 1. The second-order valence-electron chi connectivity index (χ2n) is 6.44. The van der Waals surface area contributed by atoms with Gasteiger partial charge in [0.1, 0.15) is 5.69 Å². The van der Waals surface area contributed by atoms with Crippen LogP contribution in [-0.2, 0) is 18.4 Å². The van der Waals surface area contributed by atoms with Gasteiger partial charge in [-0.2, -0.15) is 10.2 Å². The Hall–Kier alpha value is -2.11. The molecule has 1 amide bonds. The second kappa shape index (κ2) is 4.97. The van der Waals surface area contributed by atoms with Gasteiger partial charge in [-0.15, -0.1) is 0 Å². The third-order valence-electron chi connectivity index (χ3n) is 5.17. The Bertz CT molecular complexity index is 703. The standard InChI is InChI=1S/C16H21N5O/c1-2-21-9-5-13(19-21)15(22)20-8-3-6-16(11-20)7-4-12-10-17-18-14(12)16/h5,9-10H,2-4,6-8,11H2,1H3,(H,17,18). The minimum Gasteiger partial charge on any atom is -0.336 e. The fourth-order valence-electron chi connectivity index (χ4n) is 3.99. The number of rotatable bonds is 2. The van der Waals surface area contributed by atoms with Crippen molar-refractivity contribution in [3.63, 3.8) is 0 Å². The molecule has 22 heavy (non-hydrogen) atoms. The Labute approximate surface area is 129 Å². The zero-order valence-corrected chi connectivity index (χ0v) is 12.9. The number of nitrogens with zero attached hydrogens (tertiary/aromatic N) is 4. The molecule has 2 aliphatic rings. The predicted molar refractivity (Wildman–Crippen MR) is 81.6 cm³/mol. The van der Waals surface area contributed by atoms with Gasteiger partial charge in [-0.25, -0.2) is 0 Å². The molecular weight excluding hydrogens is 278 g/mol. The molecule has 6 nitrogen and oxygen atoms in total. The number of amides is 1. The van der Waals surface area contributed by atoms with E-state index in [1.54, 1.807) is 4.68 Å². The lowest BCUT2D eigenvalue weighted by molar-refractivity contribution is 0.0626. The minimum atomic E-state index is 0.0549. The average Bonchev–Trinajstić information content (AvgIpc) is 3.25. The third kappa shape index (κ3) is 1.97. The van der Waals surface area contributed by atoms with Crippen molar-refractivity contribution >= 4 is 5.91 Å². The average molecular weight is 299 g/mol. The topological polar surface area (TPSA) is 66.8 Å². The molecule has 3 heterocycles. The maximum atomic E-state index is 12.7. The molecule has 1 N–H and O–H groups in total. The van der Waals surface area contributed by atoms with E-state index >= 15 is 0 Å². The van der Waals surface area contributed by atoms with E-state index in [1.807, 2.05) is 30.3 Å². The Morgan fingerprint density at radius 1 is 1.45 bits per heavy atom. The molecule has 1 spiro atoms. The molecular formula is C16H21N5O. The van der Waals surface area contributed by atoms with E-state index in [1.165, 1.54) is 11.3 Å². The van der Waals surface area contributed by atoms with Crippen molar-refractivity contribution < 1.29 is 4.79 Å². The zero-order chi connectivity index (χ0) is 15.2. The Morgan fingerprint density at radius 2 is 2.36 bits per heavy atom. The smallest absolute Gasteiger partial charge is 0.274 e. The van der Waals surface area contributed by atoms with Gasteiger partial charge in [0.2, 0.25) is 0 Å². The number of aryl methyl sites for hydroxylation is 2. The molecule has 6 heteroatoms. The Kier molecular flexibility index (Phi) is 3.06. The lowest BCUT2D eigenvalue weighted by Crippen LogP contribution is -2.48. The maximum Gasteiger partial charge on any atom is 0.274 e. The monoisotopic (exact) mass is 299 g/mol. The van der Waals surface area contributed by atoms with Crippen molar-refractivity contribution in [2.75, 3.05) is 13.1 Å². The quantitative estimate of drug-likeness (QED) is 0.918. The van der Waals surface area contributed by atoms with Gasteiger partial charge >= 0.3 is 0 Å². The molecule has 1 saturated heterocycles. The van der Waals surface area contributed by atoms with Gasteiger partial charge in [-0.1, -0.05) is 0 Å². The molecule has 0 radical (unpaired) electrons. The predicted octanol–water partition coefficient (Wildman–Crippen LogP) is 1.75. The van der Waals surface area contributed by atoms with Crippen LogP contribution in [0.2, 0.25) is 0 Å². The maximum absolute atomic E-state index is 12.7. The first-order valence-electron chi connectivity index (χ1n) is 8.07. The van der Waals surface area contributed by atoms with E-state index in [9.17, 15) is 4.79 Å². The molecule has 1 aliphatic heterocycles. The summed E-state index contributed by atoms with van der Waals surface area (Å²) in [6.45, 7) is 4.41. The van der Waals surface area contributed by atoms with E-state index in [2.05, 4.69) is 15.3 Å². The van der Waals surface area contributed by atoms with E-state index in [-0.39, 0.29) is 11.3 Å². The first kappa shape index (κ1) is 13.5. The summed E-state index contributed by atoms with van der Waals surface area (Å²) in [5.74, 6) is 0.0549. The molecule has 2 aromatic heterocycles. The van der Waals surface area contributed by atoms with E-state index in [0.717, 1.165) is 45.3 Å². The second-order valence-corrected chi connectivity index (χ2v) is 6.44. The highest BCUT2D eigenvalue weighted by molar-refractivity contribution is 5.92. The van der Waals surface area contributed by atoms with Crippen LogP contribution < -0.4 is 0 Å². The number of aromatic nitrogens is 4. The number of fused-ring (bicyclic) bond motifs is 2. The first-order valence-corrected chi connectivity index (χ1v) is 8.07. The summed E-state index contributed by atoms with van der Waals surface area (Å²) in [4.78, 5) is 14.7. The lowest BCUT2D eigenvalue weighted by atomic mass is 9.77. The van der Waals surface area contributed by atoms with E-state index in [4.69, 9.17) is 0 Å². The van der Waals surface area contributed by atoms with Crippen LogP contribution in [0.1, 0.15) is 47.9 Å². The number of piperidine rings is 1. The minimum absolute atomic E-state index is 0.0549. The summed E-state index contributed by atoms with van der Waals surface area (Å²) in [5.41, 5.74) is 3.21. The van der Waals surface area contributed by atoms with Crippen LogP contribution in [0, 0.1) is 0 Å². The summed E-state index contributed by atoms with van der Waals surface area (Å²) in [6, 6.07) is 1.82. The van der Waals surface area contributed by atoms with Gasteiger partial charge in [-0.3, -0.25) is 14.6 Å². The number of hydrogen-bond acceptors (Lipinski definition) is 3. The molecule has 0 saturated carbocycles. The summed E-state index contributed by atoms with van der Waals surface area (Å²) < 4.78 is 1.80. The number of carbonyl (C=O) groups excluding carboxylic acids is 1. The van der Waals surface area contributed by atoms with Crippen molar-refractivity contribution in [2.45, 2.75) is 44.6 Å². The SMILES string of the molecule is CCn1ccc(C(=O)N2CCCC3(CCc4cn[nH]c43)C2)n1. The van der Waals surface area contributed by atoms with Gasteiger partial charge in [-0.05, 0) is 44.2 Å². The molecule has 1 unspecified atom stereocenters. The molecule has 0 aromatic carbocycles. The zero-order valence-electron chi connectivity index (χ0n) is 12.9. The molecule has 4 rings (SSSR count). The highest BCUT2D eigenvalue weighted by atomic mass is 16.2. The van der Waals surface area contributed by atoms with Crippen LogP contribution in [0.25, 0.3) is 0 Å². The normalized spacial score (nSPS) is 24.0. The lowest BCUT2D eigenvalue weighted by Gasteiger charge is -2.40. The molecule has 1 aliphatic carbocycles. The summed E-state index contributed by atoms with van der Waals surface area (Å²) in [6.07, 6.45) is 8.17. The number of hydrogen-bond donors (Lipinski definition) is 1. The third-order valence-corrected chi connectivity index (χ3v) is 5.17. The van der Waals surface area contributed by atoms with Gasteiger partial charge in [0.15, 0.2) is 0 Å². The fourth-order valence-corrected chi connectivity index (χ4v) is 3.99. The van der Waals surface area contributed by atoms with Crippen LogP contribution in [0.5, 0.6) is 0 Å². The first-order chi connectivity index (χ1) is 10.7. The molecule has 1 fully saturated rings. The number of H-pyrrole nitrogens is 1. The van der Waals surface area contributed by atoms with Crippen LogP contribution in [-0.4, -0.2) is 43.9 Å². The summed E-state index contributed by atoms with van der Waals surface area (Å²) >= 11 is 0. The van der Waals surface area contributed by atoms with Gasteiger partial charge in [0, 0.05) is 36.9 Å². The van der Waals surface area contributed by atoms with Gasteiger partial charge < -0.3 is 4.90 Å². The van der Waals surface area contributed by atoms with Crippen LogP contribution in [0.15, 0.2) is 18.5 Å². The van der Waals surface area contributed by atoms with Gasteiger partial charge in [0.25, 0.3) is 5.91 Å². The van der Waals surface area contributed by atoms with Gasteiger partial charge in [0.05, 0.1) is 6.20 Å². The van der Waals surface area contributed by atoms with Crippen molar-refractivity contribution in [3.8, 4) is 0 Å². The van der Waals surface area contributed by atoms with Crippen molar-refractivity contribution in [2.24, 2.45) is 0 Å². The highest BCUT2D eigenvalue weighted by Crippen LogP contribution is 2.43. The van der Waals surface area contributed by atoms with Crippen LogP contribution >= 0.6 is 0 Å². The van der Waals surface area contributed by atoms with Crippen molar-refractivity contribution in [1.29, 1.82) is 0 Å². The van der Waals surface area contributed by atoms with Crippen LogP contribution in [0.4, 0.5) is 0 Å². The summed E-state index contributed by atoms with van der Waals surface area (Å²) in [5, 5.41) is 11.7. The fraction of sp³-hybridized carbons (Fsp3) is 0.562. The largest absolute Gasteiger partial charge is 0.336 e. The van der Waals surface area contributed by atoms with E-state index < -0.39 is 0 Å². The van der Waals surface area contributed by atoms with Crippen molar-refractivity contribution in [1.82, 2.24) is 24.9 Å². The molecule has 1 atom stereocenters. The number of likely N-dealkylation sites (tertiary alicyclic amines) is 1. The summed E-state index contributed by atoms with van der Waals surface area (Å²) in [7, 11) is 0. The van der Waals surface area contributed by atoms with E-state index in [0.29, 0.717) is 5.69 Å². The molecule has 116 valence electrons. The van der Waals surface area contributed by atoms with Crippen molar-refractivity contribution in [3.05, 3.63) is 35.4 Å². The number of nitrogens with one attached hydrogen (secondary N) is 1. The molecule has 0 bridgehead atoms. The molecule has 2 aromatic rings. The Morgan fingerprint density at radius 3 is 3.18 bits per heavy atom. The highest BCUT2D eigenvalue weighted by Gasteiger charge is 2.44.